The van der Waals surface area contributed by atoms with E-state index >= 15 is 0 Å². The van der Waals surface area contributed by atoms with E-state index in [1.54, 1.807) is 11.3 Å². The van der Waals surface area contributed by atoms with Crippen molar-refractivity contribution in [2.75, 3.05) is 45.6 Å². The van der Waals surface area contributed by atoms with Gasteiger partial charge in [0, 0.05) is 42.3 Å². The Morgan fingerprint density at radius 2 is 1.94 bits per heavy atom. The molecule has 2 aromatic rings. The number of rotatable bonds is 8. The Morgan fingerprint density at radius 1 is 1.14 bits per heavy atom. The number of nitrogens with one attached hydrogen (secondary N) is 1. The fourth-order valence-electron chi connectivity index (χ4n) is 5.04. The quantitative estimate of drug-likeness (QED) is 0.595. The molecule has 0 radical (unpaired) electrons. The van der Waals surface area contributed by atoms with Crippen LogP contribution in [0.15, 0.2) is 24.4 Å². The molecule has 2 amide bonds. The second-order valence-electron chi connectivity index (χ2n) is 9.89. The van der Waals surface area contributed by atoms with Crippen LogP contribution in [-0.4, -0.2) is 82.8 Å². The van der Waals surface area contributed by atoms with Crippen LogP contribution in [0.3, 0.4) is 0 Å². The molecular weight excluding hydrogens is 460 g/mol. The Balaban J connectivity index is 1.34. The van der Waals surface area contributed by atoms with Crippen molar-refractivity contribution in [3.63, 3.8) is 0 Å². The average Bonchev–Trinajstić information content (AvgIpc) is 3.30. The number of amides is 2. The maximum Gasteiger partial charge on any atom is 0.245 e. The monoisotopic (exact) mass is 498 g/mol. The van der Waals surface area contributed by atoms with E-state index in [2.05, 4.69) is 23.3 Å². The minimum Gasteiger partial charge on any atom is -0.341 e. The Hall–Kier alpha value is -2.52. The number of pyridine rings is 1. The van der Waals surface area contributed by atoms with Gasteiger partial charge in [-0.1, -0.05) is 19.4 Å². The third kappa shape index (κ3) is 6.58. The molecule has 9 heteroatoms. The van der Waals surface area contributed by atoms with E-state index in [0.717, 1.165) is 61.6 Å². The zero-order valence-electron chi connectivity index (χ0n) is 21.2. The number of nitrogens with zero attached hydrogens (tertiary/aromatic N) is 5. The van der Waals surface area contributed by atoms with Gasteiger partial charge in [0.25, 0.3) is 0 Å². The number of aryl methyl sites for hydroxylation is 1. The van der Waals surface area contributed by atoms with Gasteiger partial charge in [0.15, 0.2) is 5.13 Å². The molecule has 0 aromatic carbocycles. The summed E-state index contributed by atoms with van der Waals surface area (Å²) < 4.78 is 0. The summed E-state index contributed by atoms with van der Waals surface area (Å²) in [5.74, 6) is 1.31. The van der Waals surface area contributed by atoms with Crippen LogP contribution in [0, 0.1) is 0 Å². The fraction of sp³-hybridized carbons (Fsp3) is 0.615. The Morgan fingerprint density at radius 3 is 2.69 bits per heavy atom. The molecule has 1 atom stereocenters. The zero-order valence-corrected chi connectivity index (χ0v) is 22.0. The first kappa shape index (κ1) is 25.6. The Bertz CT molecular complexity index is 1000. The van der Waals surface area contributed by atoms with Crippen molar-refractivity contribution >= 4 is 34.1 Å². The van der Waals surface area contributed by atoms with E-state index in [9.17, 15) is 9.59 Å². The van der Waals surface area contributed by atoms with Crippen molar-refractivity contribution in [2.45, 2.75) is 63.8 Å². The highest BCUT2D eigenvalue weighted by atomic mass is 32.1. The minimum absolute atomic E-state index is 0.0542. The maximum atomic E-state index is 13.4. The summed E-state index contributed by atoms with van der Waals surface area (Å²) in [6, 6.07) is 5.79. The molecule has 2 saturated heterocycles. The molecule has 0 saturated carbocycles. The van der Waals surface area contributed by atoms with E-state index in [1.807, 2.05) is 47.1 Å². The summed E-state index contributed by atoms with van der Waals surface area (Å²) in [5.41, 5.74) is 1.06. The van der Waals surface area contributed by atoms with Gasteiger partial charge in [0.2, 0.25) is 11.8 Å². The molecule has 0 unspecified atom stereocenters. The van der Waals surface area contributed by atoms with Crippen molar-refractivity contribution in [3.8, 4) is 0 Å². The highest BCUT2D eigenvalue weighted by Gasteiger charge is 2.36. The molecule has 1 N–H and O–H groups in total. The molecule has 8 nitrogen and oxygen atoms in total. The molecule has 2 aliphatic rings. The number of thiazole rings is 1. The summed E-state index contributed by atoms with van der Waals surface area (Å²) >= 11 is 1.68. The average molecular weight is 499 g/mol. The number of aromatic nitrogens is 2. The molecule has 35 heavy (non-hydrogen) atoms. The predicted molar refractivity (Wildman–Crippen MR) is 140 cm³/mol. The first-order valence-corrected chi connectivity index (χ1v) is 13.7. The normalized spacial score (nSPS) is 19.3. The SMILES string of the molecule is CCCc1cnc(Nc2cccc(C3CCN(C(=O)[C@@H]4CCCCN4C(=O)CN(C)C)CC3)n2)s1. The first-order valence-electron chi connectivity index (χ1n) is 12.9. The lowest BCUT2D eigenvalue weighted by Crippen LogP contribution is -2.55. The largest absolute Gasteiger partial charge is 0.341 e. The number of likely N-dealkylation sites (tertiary alicyclic amines) is 2. The smallest absolute Gasteiger partial charge is 0.245 e. The first-order chi connectivity index (χ1) is 16.9. The zero-order chi connectivity index (χ0) is 24.8. The molecule has 0 aliphatic carbocycles. The second-order valence-corrected chi connectivity index (χ2v) is 11.0. The molecule has 2 aromatic heterocycles. The lowest BCUT2D eigenvalue weighted by Gasteiger charge is -2.40. The van der Waals surface area contributed by atoms with Crippen LogP contribution in [-0.2, 0) is 16.0 Å². The van der Waals surface area contributed by atoms with Crippen LogP contribution in [0.1, 0.15) is 61.9 Å². The fourth-order valence-corrected chi connectivity index (χ4v) is 5.96. The van der Waals surface area contributed by atoms with Crippen LogP contribution in [0.5, 0.6) is 0 Å². The van der Waals surface area contributed by atoms with E-state index in [1.165, 1.54) is 4.88 Å². The number of carbonyl (C=O) groups excluding carboxylic acids is 2. The van der Waals surface area contributed by atoms with Crippen LogP contribution < -0.4 is 5.32 Å². The third-order valence-electron chi connectivity index (χ3n) is 6.84. The van der Waals surface area contributed by atoms with Crippen molar-refractivity contribution in [2.24, 2.45) is 0 Å². The van der Waals surface area contributed by atoms with Crippen LogP contribution in [0.25, 0.3) is 0 Å². The minimum atomic E-state index is -0.311. The standard InChI is InChI=1S/C26H38N6O2S/c1-4-8-20-17-27-26(35-20)29-23-11-7-9-21(28-23)19-12-15-31(16-13-19)25(34)22-10-5-6-14-32(22)24(33)18-30(2)3/h7,9,11,17,19,22H,4-6,8,10,12-16,18H2,1-3H3,(H,27,28,29)/t22-/m0/s1. The van der Waals surface area contributed by atoms with E-state index in [0.29, 0.717) is 32.1 Å². The summed E-state index contributed by atoms with van der Waals surface area (Å²) in [6.45, 7) is 4.63. The molecule has 4 rings (SSSR count). The number of hydrogen-bond donors (Lipinski definition) is 1. The van der Waals surface area contributed by atoms with Gasteiger partial charge in [-0.3, -0.25) is 9.59 Å². The van der Waals surface area contributed by atoms with Gasteiger partial charge < -0.3 is 20.0 Å². The van der Waals surface area contributed by atoms with Gasteiger partial charge in [-0.15, -0.1) is 11.3 Å². The molecule has 2 fully saturated rings. The van der Waals surface area contributed by atoms with Crippen molar-refractivity contribution in [1.82, 2.24) is 24.7 Å². The summed E-state index contributed by atoms with van der Waals surface area (Å²) in [6.07, 6.45) is 8.62. The summed E-state index contributed by atoms with van der Waals surface area (Å²) in [5, 5.41) is 4.23. The highest BCUT2D eigenvalue weighted by molar-refractivity contribution is 7.15. The van der Waals surface area contributed by atoms with Crippen LogP contribution in [0.4, 0.5) is 10.9 Å². The highest BCUT2D eigenvalue weighted by Crippen LogP contribution is 2.30. The Labute approximate surface area is 212 Å². The number of anilines is 2. The second kappa shape index (κ2) is 11.9. The molecule has 2 aliphatic heterocycles. The van der Waals surface area contributed by atoms with Gasteiger partial charge >= 0.3 is 0 Å². The predicted octanol–water partition coefficient (Wildman–Crippen LogP) is 3.88. The van der Waals surface area contributed by atoms with Gasteiger partial charge in [-0.25, -0.2) is 9.97 Å². The van der Waals surface area contributed by atoms with Crippen molar-refractivity contribution < 1.29 is 9.59 Å². The summed E-state index contributed by atoms with van der Waals surface area (Å²) in [7, 11) is 3.78. The molecule has 190 valence electrons. The molecule has 0 spiro atoms. The van der Waals surface area contributed by atoms with Crippen LogP contribution in [0.2, 0.25) is 0 Å². The molecular formula is C26H38N6O2S. The maximum absolute atomic E-state index is 13.4. The molecule has 0 bridgehead atoms. The van der Waals surface area contributed by atoms with E-state index < -0.39 is 0 Å². The molecule has 4 heterocycles. The third-order valence-corrected chi connectivity index (χ3v) is 7.81. The topological polar surface area (TPSA) is 81.7 Å². The van der Waals surface area contributed by atoms with Gasteiger partial charge in [-0.05, 0) is 64.8 Å². The number of carbonyl (C=O) groups is 2. The van der Waals surface area contributed by atoms with Crippen molar-refractivity contribution in [1.29, 1.82) is 0 Å². The van der Waals surface area contributed by atoms with Crippen LogP contribution >= 0.6 is 11.3 Å². The summed E-state index contributed by atoms with van der Waals surface area (Å²) in [4.78, 5) is 42.4. The van der Waals surface area contributed by atoms with E-state index in [-0.39, 0.29) is 17.9 Å². The number of likely N-dealkylation sites (N-methyl/N-ethyl adjacent to an activating group) is 1. The van der Waals surface area contributed by atoms with Crippen molar-refractivity contribution in [3.05, 3.63) is 35.0 Å². The number of hydrogen-bond acceptors (Lipinski definition) is 7. The van der Waals surface area contributed by atoms with Gasteiger partial charge in [0.05, 0.1) is 6.54 Å². The lowest BCUT2D eigenvalue weighted by molar-refractivity contribution is -0.148. The Kier molecular flexibility index (Phi) is 8.73. The lowest BCUT2D eigenvalue weighted by atomic mass is 9.92. The van der Waals surface area contributed by atoms with E-state index in [4.69, 9.17) is 4.98 Å². The van der Waals surface area contributed by atoms with Gasteiger partial charge in [0.1, 0.15) is 11.9 Å². The number of piperidine rings is 2. The van der Waals surface area contributed by atoms with Gasteiger partial charge in [-0.2, -0.15) is 0 Å².